The van der Waals surface area contributed by atoms with Gasteiger partial charge in [-0.15, -0.1) is 0 Å². The summed E-state index contributed by atoms with van der Waals surface area (Å²) in [5.41, 5.74) is 2.66. The summed E-state index contributed by atoms with van der Waals surface area (Å²) in [5.74, 6) is 1.25. The summed E-state index contributed by atoms with van der Waals surface area (Å²) in [6, 6.07) is 13.3. The highest BCUT2D eigenvalue weighted by Gasteiger charge is 2.29. The fourth-order valence-electron chi connectivity index (χ4n) is 4.65. The molecular weight excluding hydrogens is 548 g/mol. The van der Waals surface area contributed by atoms with Crippen molar-refractivity contribution < 1.29 is 19.1 Å². The van der Waals surface area contributed by atoms with Crippen molar-refractivity contribution >= 4 is 35.2 Å². The first-order valence-electron chi connectivity index (χ1n) is 12.9. The van der Waals surface area contributed by atoms with E-state index in [9.17, 15) is 14.4 Å². The van der Waals surface area contributed by atoms with Gasteiger partial charge in [0.25, 0.3) is 5.56 Å². The van der Waals surface area contributed by atoms with E-state index in [1.807, 2.05) is 12.1 Å². The van der Waals surface area contributed by atoms with Crippen LogP contribution in [0.15, 0.2) is 59.5 Å². The maximum atomic E-state index is 13.4. The predicted molar refractivity (Wildman–Crippen MR) is 155 cm³/mol. The first-order valence-corrected chi connectivity index (χ1v) is 13.3. The van der Waals surface area contributed by atoms with Gasteiger partial charge in [-0.05, 0) is 63.1 Å². The van der Waals surface area contributed by atoms with Crippen LogP contribution >= 0.6 is 11.6 Å². The maximum absolute atomic E-state index is 13.4. The van der Waals surface area contributed by atoms with E-state index in [4.69, 9.17) is 21.3 Å². The zero-order valence-corrected chi connectivity index (χ0v) is 23.7. The molecule has 5 rings (SSSR count). The molecular formula is C29H29ClN6O5. The number of rotatable bonds is 5. The lowest BCUT2D eigenvalue weighted by atomic mass is 10.1. The Labute approximate surface area is 240 Å². The average molecular weight is 577 g/mol. The third-order valence-corrected chi connectivity index (χ3v) is 6.65. The molecule has 1 aliphatic heterocycles. The molecule has 0 bridgehead atoms. The molecule has 3 N–H and O–H groups in total. The Morgan fingerprint density at radius 3 is 2.54 bits per heavy atom. The molecule has 2 aromatic heterocycles. The van der Waals surface area contributed by atoms with E-state index < -0.39 is 17.8 Å². The van der Waals surface area contributed by atoms with Crippen molar-refractivity contribution in [3.8, 4) is 22.5 Å². The molecule has 2 amide bonds. The van der Waals surface area contributed by atoms with Gasteiger partial charge in [-0.2, -0.15) is 0 Å². The van der Waals surface area contributed by atoms with Crippen LogP contribution in [-0.4, -0.2) is 44.4 Å². The van der Waals surface area contributed by atoms with E-state index in [1.165, 1.54) is 13.2 Å². The molecule has 12 heteroatoms. The molecule has 0 radical (unpaired) electrons. The fourth-order valence-corrected chi connectivity index (χ4v) is 4.82. The topological polar surface area (TPSA) is 140 Å². The minimum absolute atomic E-state index is 0.244. The molecule has 4 aromatic rings. The van der Waals surface area contributed by atoms with Gasteiger partial charge in [-0.3, -0.25) is 20.0 Å². The van der Waals surface area contributed by atoms with Gasteiger partial charge in [0.15, 0.2) is 0 Å². The Kier molecular flexibility index (Phi) is 7.55. The number of carbonyl (C=O) groups is 2. The van der Waals surface area contributed by atoms with Crippen LogP contribution in [0.4, 0.5) is 21.0 Å². The quantitative estimate of drug-likeness (QED) is 0.264. The first-order chi connectivity index (χ1) is 19.5. The molecule has 1 unspecified atom stereocenters. The predicted octanol–water partition coefficient (Wildman–Crippen LogP) is 6.01. The normalized spacial score (nSPS) is 14.3. The van der Waals surface area contributed by atoms with Crippen molar-refractivity contribution in [3.05, 3.63) is 81.8 Å². The van der Waals surface area contributed by atoms with E-state index in [0.29, 0.717) is 52.1 Å². The number of carbonyl (C=O) groups excluding carboxylic acids is 2. The number of fused-ring (bicyclic) bond motifs is 1. The lowest BCUT2D eigenvalue weighted by Crippen LogP contribution is -2.27. The number of benzene rings is 2. The molecule has 3 heterocycles. The van der Waals surface area contributed by atoms with Crippen LogP contribution in [0.2, 0.25) is 5.02 Å². The van der Waals surface area contributed by atoms with Crippen LogP contribution in [0, 0.1) is 0 Å². The van der Waals surface area contributed by atoms with Crippen molar-refractivity contribution in [2.24, 2.45) is 0 Å². The summed E-state index contributed by atoms with van der Waals surface area (Å²) in [4.78, 5) is 49.9. The Morgan fingerprint density at radius 1 is 1.07 bits per heavy atom. The van der Waals surface area contributed by atoms with Crippen LogP contribution in [-0.2, 0) is 15.9 Å². The number of nitrogens with zero attached hydrogens (tertiary/aromatic N) is 3. The summed E-state index contributed by atoms with van der Waals surface area (Å²) in [7, 11) is 1.30. The highest BCUT2D eigenvalue weighted by Crippen LogP contribution is 2.33. The number of aromatic amines is 1. The molecule has 0 aliphatic carbocycles. The van der Waals surface area contributed by atoms with Crippen molar-refractivity contribution in [2.75, 3.05) is 17.7 Å². The minimum atomic E-state index is -0.673. The third kappa shape index (κ3) is 6.25. The number of H-pyrrole nitrogens is 1. The summed E-state index contributed by atoms with van der Waals surface area (Å²) in [5, 5.41) is 5.79. The highest BCUT2D eigenvalue weighted by molar-refractivity contribution is 6.31. The summed E-state index contributed by atoms with van der Waals surface area (Å²) >= 11 is 6.27. The molecule has 0 fully saturated rings. The van der Waals surface area contributed by atoms with Crippen molar-refractivity contribution in [1.82, 2.24) is 19.5 Å². The Hall–Kier alpha value is -4.64. The number of methoxy groups -OCH3 is 1. The molecule has 0 saturated heterocycles. The maximum Gasteiger partial charge on any atom is 0.412 e. The van der Waals surface area contributed by atoms with Gasteiger partial charge in [0.2, 0.25) is 0 Å². The van der Waals surface area contributed by atoms with E-state index in [0.717, 1.165) is 11.3 Å². The standard InChI is InChI=1S/C29H29ClN6O5/c1-29(2,3)41-28(39)35-20-10-7-17(30)13-19(20)21-14-25(37)36-23(11-12-24(36)33-21)26-31-15-22(34-26)16-5-8-18(9-6-16)32-27(38)40-4/h5-10,13-15,23H,11-12H2,1-4H3,(H,31,34)(H,32,38)(H,35,39). The van der Waals surface area contributed by atoms with Gasteiger partial charge in [-0.1, -0.05) is 23.7 Å². The number of hydrogen-bond acceptors (Lipinski definition) is 7. The Morgan fingerprint density at radius 2 is 1.83 bits per heavy atom. The monoisotopic (exact) mass is 576 g/mol. The van der Waals surface area contributed by atoms with E-state index in [2.05, 4.69) is 25.3 Å². The van der Waals surface area contributed by atoms with Crippen molar-refractivity contribution in [3.63, 3.8) is 0 Å². The number of anilines is 2. The summed E-state index contributed by atoms with van der Waals surface area (Å²) in [6.45, 7) is 5.33. The van der Waals surface area contributed by atoms with Crippen LogP contribution in [0.3, 0.4) is 0 Å². The largest absolute Gasteiger partial charge is 0.453 e. The van der Waals surface area contributed by atoms with Crippen LogP contribution < -0.4 is 16.2 Å². The zero-order chi connectivity index (χ0) is 29.3. The van der Waals surface area contributed by atoms with Crippen LogP contribution in [0.1, 0.15) is 44.9 Å². The number of nitrogens with one attached hydrogen (secondary N) is 3. The van der Waals surface area contributed by atoms with Gasteiger partial charge in [0.05, 0.1) is 36.4 Å². The first kappa shape index (κ1) is 27.9. The van der Waals surface area contributed by atoms with E-state index in [-0.39, 0.29) is 11.6 Å². The molecule has 11 nitrogen and oxygen atoms in total. The molecule has 0 saturated carbocycles. The van der Waals surface area contributed by atoms with Gasteiger partial charge in [0.1, 0.15) is 17.2 Å². The Balaban J connectivity index is 1.40. The zero-order valence-electron chi connectivity index (χ0n) is 22.9. The third-order valence-electron chi connectivity index (χ3n) is 6.41. The molecule has 2 aromatic carbocycles. The number of amides is 2. The van der Waals surface area contributed by atoms with Gasteiger partial charge in [-0.25, -0.2) is 19.6 Å². The number of halogens is 1. The Bertz CT molecular complexity index is 1670. The van der Waals surface area contributed by atoms with Gasteiger partial charge >= 0.3 is 12.2 Å². The van der Waals surface area contributed by atoms with Gasteiger partial charge in [0, 0.05) is 28.8 Å². The molecule has 41 heavy (non-hydrogen) atoms. The SMILES string of the molecule is COC(=O)Nc1ccc(-c2cnc(C3CCc4nc(-c5cc(Cl)ccc5NC(=O)OC(C)(C)C)cc(=O)n43)[nH]2)cc1. The van der Waals surface area contributed by atoms with Crippen molar-refractivity contribution in [1.29, 1.82) is 0 Å². The number of hydrogen-bond donors (Lipinski definition) is 3. The number of imidazole rings is 1. The minimum Gasteiger partial charge on any atom is -0.453 e. The molecule has 0 spiro atoms. The van der Waals surface area contributed by atoms with Crippen LogP contribution in [0.5, 0.6) is 0 Å². The number of aryl methyl sites for hydroxylation is 1. The van der Waals surface area contributed by atoms with E-state index >= 15 is 0 Å². The highest BCUT2D eigenvalue weighted by atomic mass is 35.5. The van der Waals surface area contributed by atoms with Crippen molar-refractivity contribution in [2.45, 2.75) is 45.3 Å². The number of aromatic nitrogens is 4. The summed E-state index contributed by atoms with van der Waals surface area (Å²) in [6.07, 6.45) is 1.74. The van der Waals surface area contributed by atoms with Gasteiger partial charge < -0.3 is 14.5 Å². The van der Waals surface area contributed by atoms with Crippen LogP contribution in [0.25, 0.3) is 22.5 Å². The second-order valence-electron chi connectivity index (χ2n) is 10.5. The number of ether oxygens (including phenoxy) is 2. The lowest BCUT2D eigenvalue weighted by molar-refractivity contribution is 0.0636. The fraction of sp³-hybridized carbons (Fsp3) is 0.276. The lowest BCUT2D eigenvalue weighted by Gasteiger charge is -2.20. The molecule has 1 aliphatic rings. The second kappa shape index (κ2) is 11.1. The summed E-state index contributed by atoms with van der Waals surface area (Å²) < 4.78 is 11.6. The molecule has 1 atom stereocenters. The average Bonchev–Trinajstić information content (AvgIpc) is 3.57. The second-order valence-corrected chi connectivity index (χ2v) is 10.9. The smallest absolute Gasteiger partial charge is 0.412 e. The molecule has 212 valence electrons. The van der Waals surface area contributed by atoms with E-state index in [1.54, 1.807) is 61.9 Å².